The van der Waals surface area contributed by atoms with Gasteiger partial charge in [-0.25, -0.2) is 9.78 Å². The highest BCUT2D eigenvalue weighted by atomic mass is 32.1. The number of Topliss-reactive ketones (excluding diaryl/α,β-unsaturated/α-hetero) is 1. The van der Waals surface area contributed by atoms with Crippen LogP contribution in [0, 0.1) is 24.2 Å². The number of rotatable bonds is 9. The van der Waals surface area contributed by atoms with E-state index in [2.05, 4.69) is 10.3 Å². The predicted octanol–water partition coefficient (Wildman–Crippen LogP) is 4.35. The number of esters is 1. The Labute approximate surface area is 239 Å². The summed E-state index contributed by atoms with van der Waals surface area (Å²) in [6.07, 6.45) is -0.524. The Morgan fingerprint density at radius 2 is 1.73 bits per heavy atom. The Morgan fingerprint density at radius 3 is 2.33 bits per heavy atom. The Morgan fingerprint density at radius 1 is 1.07 bits per heavy atom. The molecular weight excluding hydrogens is 526 g/mol. The molecule has 1 aromatic heterocycles. The Balaban J connectivity index is 1.57. The van der Waals surface area contributed by atoms with Gasteiger partial charge in [0.25, 0.3) is 0 Å². The molecule has 2 aromatic carbocycles. The van der Waals surface area contributed by atoms with E-state index in [9.17, 15) is 19.5 Å². The summed E-state index contributed by atoms with van der Waals surface area (Å²) in [7, 11) is 0. The number of aromatic nitrogens is 1. The lowest BCUT2D eigenvalue weighted by molar-refractivity contribution is -0.150. The molecule has 40 heavy (non-hydrogen) atoms. The van der Waals surface area contributed by atoms with Gasteiger partial charge in [-0.05, 0) is 41.9 Å². The van der Waals surface area contributed by atoms with E-state index >= 15 is 0 Å². The van der Waals surface area contributed by atoms with Crippen LogP contribution in [0.15, 0.2) is 60.1 Å². The molecule has 4 rings (SSSR count). The number of aryl methyl sites for hydroxylation is 1. The summed E-state index contributed by atoms with van der Waals surface area (Å²) < 4.78 is 5.61. The first kappa shape index (κ1) is 29.6. The third-order valence-corrected chi connectivity index (χ3v) is 8.46. The molecule has 0 bridgehead atoms. The summed E-state index contributed by atoms with van der Waals surface area (Å²) in [4.78, 5) is 45.6. The molecule has 3 aromatic rings. The zero-order chi connectivity index (χ0) is 29.0. The standard InChI is InChI=1S/C31H37N3O5S/c1-18-27(40-17-33-18)21-12-10-20(11-13-21)25(30(38)39-16-19-8-6-5-7-9-19)34-29(37)24-15-22(35)14-23(24)26(36)28(32)31(2,3)4/h5-13,17,22-25,28,35H,14-16,32H2,1-4H3,(H,34,37)/t22-,23?,24+,25+,28+/m0/s1. The minimum Gasteiger partial charge on any atom is -0.459 e. The zero-order valence-electron chi connectivity index (χ0n) is 23.3. The minimum absolute atomic E-state index is 0.0495. The largest absolute Gasteiger partial charge is 0.459 e. The molecule has 1 heterocycles. The highest BCUT2D eigenvalue weighted by molar-refractivity contribution is 7.13. The molecule has 8 nitrogen and oxygen atoms in total. The van der Waals surface area contributed by atoms with Crippen LogP contribution in [0.25, 0.3) is 10.4 Å². The molecular formula is C31H37N3O5S. The fourth-order valence-corrected chi connectivity index (χ4v) is 5.83. The van der Waals surface area contributed by atoms with Crippen LogP contribution in [0.5, 0.6) is 0 Å². The second kappa shape index (κ2) is 12.4. The van der Waals surface area contributed by atoms with Crippen LogP contribution in [0.1, 0.15) is 56.5 Å². The van der Waals surface area contributed by atoms with Crippen molar-refractivity contribution in [3.63, 3.8) is 0 Å². The highest BCUT2D eigenvalue weighted by Gasteiger charge is 2.46. The van der Waals surface area contributed by atoms with Crippen LogP contribution in [0.3, 0.4) is 0 Å². The normalized spacial score (nSPS) is 20.5. The lowest BCUT2D eigenvalue weighted by Crippen LogP contribution is -2.48. The molecule has 1 aliphatic rings. The summed E-state index contributed by atoms with van der Waals surface area (Å²) >= 11 is 1.53. The van der Waals surface area contributed by atoms with Gasteiger partial charge in [-0.3, -0.25) is 9.59 Å². The lowest BCUT2D eigenvalue weighted by atomic mass is 9.78. The van der Waals surface area contributed by atoms with Crippen LogP contribution in [-0.4, -0.2) is 39.9 Å². The number of amides is 1. The van der Waals surface area contributed by atoms with Gasteiger partial charge in [0.05, 0.1) is 34.1 Å². The molecule has 0 radical (unpaired) electrons. The van der Waals surface area contributed by atoms with E-state index in [1.54, 1.807) is 17.6 Å². The van der Waals surface area contributed by atoms with Crippen LogP contribution in [0.4, 0.5) is 0 Å². The second-order valence-corrected chi connectivity index (χ2v) is 12.4. The molecule has 1 aliphatic carbocycles. The van der Waals surface area contributed by atoms with Crippen LogP contribution in [-0.2, 0) is 25.7 Å². The van der Waals surface area contributed by atoms with E-state index in [-0.39, 0.29) is 25.2 Å². The lowest BCUT2D eigenvalue weighted by Gasteiger charge is -2.30. The van der Waals surface area contributed by atoms with E-state index in [0.717, 1.165) is 21.7 Å². The number of nitrogens with zero attached hydrogens (tertiary/aromatic N) is 1. The number of carbonyl (C=O) groups excluding carboxylic acids is 3. The molecule has 9 heteroatoms. The van der Waals surface area contributed by atoms with Crippen molar-refractivity contribution in [2.24, 2.45) is 23.0 Å². The zero-order valence-corrected chi connectivity index (χ0v) is 24.1. The molecule has 1 unspecified atom stereocenters. The Kier molecular flexibility index (Phi) is 9.18. The van der Waals surface area contributed by atoms with E-state index in [0.29, 0.717) is 5.56 Å². The summed E-state index contributed by atoms with van der Waals surface area (Å²) in [5.41, 5.74) is 10.8. The molecule has 1 fully saturated rings. The fraction of sp³-hybridized carbons (Fsp3) is 0.419. The van der Waals surface area contributed by atoms with Gasteiger partial charge in [0.2, 0.25) is 5.91 Å². The number of ketones is 1. The van der Waals surface area contributed by atoms with Crippen molar-refractivity contribution in [1.82, 2.24) is 10.3 Å². The van der Waals surface area contributed by atoms with Gasteiger partial charge in [-0.2, -0.15) is 0 Å². The first-order chi connectivity index (χ1) is 19.0. The summed E-state index contributed by atoms with van der Waals surface area (Å²) in [5, 5.41) is 13.2. The van der Waals surface area contributed by atoms with E-state index in [1.807, 2.05) is 70.2 Å². The Bertz CT molecular complexity index is 1330. The number of thiazole rings is 1. The number of benzene rings is 2. The van der Waals surface area contributed by atoms with Crippen molar-refractivity contribution in [2.45, 2.75) is 65.3 Å². The summed E-state index contributed by atoms with van der Waals surface area (Å²) in [6, 6.07) is 14.7. The third-order valence-electron chi connectivity index (χ3n) is 7.48. The topological polar surface area (TPSA) is 132 Å². The number of carbonyl (C=O) groups is 3. The van der Waals surface area contributed by atoms with Gasteiger partial charge in [0, 0.05) is 5.92 Å². The fourth-order valence-electron chi connectivity index (χ4n) is 5.02. The number of aliphatic hydroxyl groups excluding tert-OH is 1. The second-order valence-electron chi connectivity index (χ2n) is 11.5. The van der Waals surface area contributed by atoms with Gasteiger partial charge >= 0.3 is 5.97 Å². The molecule has 4 N–H and O–H groups in total. The SMILES string of the molecule is Cc1ncsc1-c1ccc([C@@H](NC(=O)[C@@H]2C[C@@H](O)CC2C(=O)[C@@H](N)C(C)(C)C)C(=O)OCc2ccccc2)cc1. The first-order valence-corrected chi connectivity index (χ1v) is 14.3. The molecule has 1 saturated carbocycles. The van der Waals surface area contributed by atoms with Crippen molar-refractivity contribution in [1.29, 1.82) is 0 Å². The highest BCUT2D eigenvalue weighted by Crippen LogP contribution is 2.36. The predicted molar refractivity (Wildman–Crippen MR) is 154 cm³/mol. The van der Waals surface area contributed by atoms with Crippen molar-refractivity contribution in [3.05, 3.63) is 76.9 Å². The van der Waals surface area contributed by atoms with Gasteiger partial charge in [0.15, 0.2) is 11.8 Å². The first-order valence-electron chi connectivity index (χ1n) is 13.4. The van der Waals surface area contributed by atoms with Crippen LogP contribution >= 0.6 is 11.3 Å². The quantitative estimate of drug-likeness (QED) is 0.330. The number of ether oxygens (including phenoxy) is 1. The average molecular weight is 564 g/mol. The van der Waals surface area contributed by atoms with Gasteiger partial charge in [-0.1, -0.05) is 75.4 Å². The molecule has 1 amide bonds. The van der Waals surface area contributed by atoms with Crippen molar-refractivity contribution < 1.29 is 24.2 Å². The number of nitrogens with two attached hydrogens (primary N) is 1. The van der Waals surface area contributed by atoms with Crippen LogP contribution in [0.2, 0.25) is 0 Å². The number of nitrogens with one attached hydrogen (secondary N) is 1. The summed E-state index contributed by atoms with van der Waals surface area (Å²) in [5.74, 6) is -2.90. The van der Waals surface area contributed by atoms with E-state index < -0.39 is 47.3 Å². The molecule has 0 spiro atoms. The van der Waals surface area contributed by atoms with Crippen molar-refractivity contribution in [2.75, 3.05) is 0 Å². The average Bonchev–Trinajstić information content (AvgIpc) is 3.55. The maximum absolute atomic E-state index is 13.6. The van der Waals surface area contributed by atoms with Crippen molar-refractivity contribution >= 4 is 29.0 Å². The monoisotopic (exact) mass is 563 g/mol. The van der Waals surface area contributed by atoms with Crippen molar-refractivity contribution in [3.8, 4) is 10.4 Å². The minimum atomic E-state index is -1.10. The maximum Gasteiger partial charge on any atom is 0.333 e. The van der Waals surface area contributed by atoms with Crippen LogP contribution < -0.4 is 11.1 Å². The molecule has 0 saturated heterocycles. The number of hydrogen-bond acceptors (Lipinski definition) is 8. The molecule has 0 aliphatic heterocycles. The Hall–Kier alpha value is -3.40. The van der Waals surface area contributed by atoms with E-state index in [1.165, 1.54) is 11.3 Å². The smallest absolute Gasteiger partial charge is 0.333 e. The van der Waals surface area contributed by atoms with Gasteiger partial charge < -0.3 is 20.9 Å². The number of hydrogen-bond donors (Lipinski definition) is 3. The maximum atomic E-state index is 13.6. The summed E-state index contributed by atoms with van der Waals surface area (Å²) in [6.45, 7) is 7.58. The molecule has 5 atom stereocenters. The third kappa shape index (κ3) is 6.83. The van der Waals surface area contributed by atoms with E-state index in [4.69, 9.17) is 10.5 Å². The van der Waals surface area contributed by atoms with Gasteiger partial charge in [-0.15, -0.1) is 11.3 Å². The molecule has 212 valence electrons. The number of aliphatic hydroxyl groups is 1. The van der Waals surface area contributed by atoms with Gasteiger partial charge in [0.1, 0.15) is 6.61 Å².